The molecule has 1 amide bonds. The SMILES string of the molecule is COC(CNC(=O)c1cc(C)cc(N=Nc2ccccc2N)c1O)OC. The molecule has 0 atom stereocenters. The van der Waals surface area contributed by atoms with Crippen molar-refractivity contribution in [3.63, 3.8) is 0 Å². The van der Waals surface area contributed by atoms with Crippen LogP contribution in [0.4, 0.5) is 17.1 Å². The van der Waals surface area contributed by atoms with E-state index in [1.54, 1.807) is 43.3 Å². The molecular formula is C18H22N4O4. The van der Waals surface area contributed by atoms with E-state index in [1.165, 1.54) is 14.2 Å². The summed E-state index contributed by atoms with van der Waals surface area (Å²) >= 11 is 0. The van der Waals surface area contributed by atoms with Gasteiger partial charge in [-0.2, -0.15) is 0 Å². The molecule has 0 aliphatic heterocycles. The number of nitrogen functional groups attached to an aromatic ring is 1. The van der Waals surface area contributed by atoms with Crippen molar-refractivity contribution >= 4 is 23.0 Å². The second-order valence-electron chi connectivity index (χ2n) is 5.55. The molecule has 0 unspecified atom stereocenters. The van der Waals surface area contributed by atoms with Crippen LogP contribution in [0, 0.1) is 6.92 Å². The highest BCUT2D eigenvalue weighted by molar-refractivity contribution is 5.98. The maximum atomic E-state index is 12.4. The van der Waals surface area contributed by atoms with E-state index in [1.807, 2.05) is 0 Å². The van der Waals surface area contributed by atoms with Gasteiger partial charge >= 0.3 is 0 Å². The first-order valence-electron chi connectivity index (χ1n) is 7.90. The van der Waals surface area contributed by atoms with Crippen molar-refractivity contribution in [2.75, 3.05) is 26.5 Å². The van der Waals surface area contributed by atoms with Crippen molar-refractivity contribution in [1.29, 1.82) is 0 Å². The van der Waals surface area contributed by atoms with Gasteiger partial charge < -0.3 is 25.6 Å². The van der Waals surface area contributed by atoms with E-state index in [0.717, 1.165) is 5.56 Å². The van der Waals surface area contributed by atoms with Crippen LogP contribution in [0.15, 0.2) is 46.6 Å². The van der Waals surface area contributed by atoms with Crippen molar-refractivity contribution in [2.45, 2.75) is 13.2 Å². The number of hydrogen-bond acceptors (Lipinski definition) is 7. The summed E-state index contributed by atoms with van der Waals surface area (Å²) in [5.74, 6) is -0.737. The number of methoxy groups -OCH3 is 2. The summed E-state index contributed by atoms with van der Waals surface area (Å²) in [7, 11) is 2.94. The molecule has 0 radical (unpaired) electrons. The largest absolute Gasteiger partial charge is 0.505 e. The number of azo groups is 1. The number of carbonyl (C=O) groups is 1. The van der Waals surface area contributed by atoms with Crippen molar-refractivity contribution in [3.8, 4) is 5.75 Å². The molecule has 0 fully saturated rings. The Hall–Kier alpha value is -2.97. The molecule has 0 saturated carbocycles. The minimum absolute atomic E-state index is 0.0888. The molecule has 0 saturated heterocycles. The second kappa shape index (κ2) is 8.93. The topological polar surface area (TPSA) is 119 Å². The average Bonchev–Trinajstić information content (AvgIpc) is 2.63. The third kappa shape index (κ3) is 4.78. The molecule has 2 aromatic rings. The van der Waals surface area contributed by atoms with Crippen LogP contribution in [0.2, 0.25) is 0 Å². The van der Waals surface area contributed by atoms with Crippen LogP contribution >= 0.6 is 0 Å². The Morgan fingerprint density at radius 2 is 1.85 bits per heavy atom. The van der Waals surface area contributed by atoms with E-state index in [-0.39, 0.29) is 23.5 Å². The highest BCUT2D eigenvalue weighted by Crippen LogP contribution is 2.34. The number of aromatic hydroxyl groups is 1. The number of ether oxygens (including phenoxy) is 2. The monoisotopic (exact) mass is 358 g/mol. The van der Waals surface area contributed by atoms with Crippen LogP contribution in [0.25, 0.3) is 0 Å². The van der Waals surface area contributed by atoms with Gasteiger partial charge in [-0.15, -0.1) is 10.2 Å². The number of para-hydroxylation sites is 1. The van der Waals surface area contributed by atoms with Crippen LogP contribution in [-0.2, 0) is 9.47 Å². The minimum atomic E-state index is -0.578. The first-order valence-corrected chi connectivity index (χ1v) is 7.90. The van der Waals surface area contributed by atoms with Gasteiger partial charge in [-0.1, -0.05) is 12.1 Å². The normalized spacial score (nSPS) is 11.2. The molecule has 8 nitrogen and oxygen atoms in total. The number of nitrogens with one attached hydrogen (secondary N) is 1. The zero-order valence-corrected chi connectivity index (χ0v) is 14.9. The molecule has 8 heteroatoms. The van der Waals surface area contributed by atoms with Crippen molar-refractivity contribution in [3.05, 3.63) is 47.5 Å². The van der Waals surface area contributed by atoms with Gasteiger partial charge in [0.05, 0.1) is 17.8 Å². The Labute approximate surface area is 151 Å². The van der Waals surface area contributed by atoms with Crippen LogP contribution < -0.4 is 11.1 Å². The van der Waals surface area contributed by atoms with Crippen LogP contribution in [0.5, 0.6) is 5.75 Å². The zero-order chi connectivity index (χ0) is 19.1. The molecule has 0 aromatic heterocycles. The Morgan fingerprint density at radius 1 is 1.19 bits per heavy atom. The Morgan fingerprint density at radius 3 is 2.50 bits per heavy atom. The minimum Gasteiger partial charge on any atom is -0.505 e. The molecule has 138 valence electrons. The van der Waals surface area contributed by atoms with Gasteiger partial charge in [0.15, 0.2) is 12.0 Å². The number of benzene rings is 2. The van der Waals surface area contributed by atoms with Crippen molar-refractivity contribution < 1.29 is 19.4 Å². The predicted octanol–water partition coefficient (Wildman–Crippen LogP) is 3.05. The number of phenolic OH excluding ortho intramolecular Hbond substituents is 1. The molecule has 2 rings (SSSR count). The van der Waals surface area contributed by atoms with Gasteiger partial charge in [0.1, 0.15) is 11.4 Å². The van der Waals surface area contributed by atoms with E-state index >= 15 is 0 Å². The summed E-state index contributed by atoms with van der Waals surface area (Å²) in [5.41, 5.74) is 7.77. The average molecular weight is 358 g/mol. The molecule has 0 spiro atoms. The fourth-order valence-corrected chi connectivity index (χ4v) is 2.23. The van der Waals surface area contributed by atoms with E-state index in [4.69, 9.17) is 15.2 Å². The third-order valence-corrected chi connectivity index (χ3v) is 3.64. The molecule has 0 heterocycles. The fraction of sp³-hybridized carbons (Fsp3) is 0.278. The van der Waals surface area contributed by atoms with Crippen LogP contribution in [-0.4, -0.2) is 38.1 Å². The van der Waals surface area contributed by atoms with Gasteiger partial charge in [-0.05, 0) is 36.8 Å². The van der Waals surface area contributed by atoms with Gasteiger partial charge in [0.2, 0.25) is 0 Å². The Bertz CT molecular complexity index is 804. The van der Waals surface area contributed by atoms with Gasteiger partial charge in [0.25, 0.3) is 5.91 Å². The Balaban J connectivity index is 2.25. The van der Waals surface area contributed by atoms with Gasteiger partial charge in [-0.3, -0.25) is 4.79 Å². The smallest absolute Gasteiger partial charge is 0.255 e. The highest BCUT2D eigenvalue weighted by Gasteiger charge is 2.17. The predicted molar refractivity (Wildman–Crippen MR) is 98.0 cm³/mol. The molecule has 26 heavy (non-hydrogen) atoms. The van der Waals surface area contributed by atoms with Crippen molar-refractivity contribution in [2.24, 2.45) is 10.2 Å². The summed E-state index contributed by atoms with van der Waals surface area (Å²) in [5, 5.41) is 21.1. The summed E-state index contributed by atoms with van der Waals surface area (Å²) < 4.78 is 10.0. The van der Waals surface area contributed by atoms with E-state index < -0.39 is 12.2 Å². The number of carbonyl (C=O) groups excluding carboxylic acids is 1. The van der Waals surface area contributed by atoms with Crippen LogP contribution in [0.1, 0.15) is 15.9 Å². The lowest BCUT2D eigenvalue weighted by molar-refractivity contribution is -0.0974. The summed E-state index contributed by atoms with van der Waals surface area (Å²) in [6, 6.07) is 10.2. The summed E-state index contributed by atoms with van der Waals surface area (Å²) in [4.78, 5) is 12.4. The first kappa shape index (κ1) is 19.4. The van der Waals surface area contributed by atoms with Gasteiger partial charge in [0, 0.05) is 14.2 Å². The Kier molecular flexibility index (Phi) is 6.65. The van der Waals surface area contributed by atoms with Gasteiger partial charge in [-0.25, -0.2) is 0 Å². The number of hydrogen-bond donors (Lipinski definition) is 3. The van der Waals surface area contributed by atoms with E-state index in [0.29, 0.717) is 11.4 Å². The quantitative estimate of drug-likeness (QED) is 0.399. The molecule has 4 N–H and O–H groups in total. The number of amides is 1. The number of rotatable bonds is 7. The highest BCUT2D eigenvalue weighted by atomic mass is 16.7. The summed E-state index contributed by atoms with van der Waals surface area (Å²) in [6.07, 6.45) is -0.578. The first-order chi connectivity index (χ1) is 12.5. The van der Waals surface area contributed by atoms with Crippen LogP contribution in [0.3, 0.4) is 0 Å². The maximum Gasteiger partial charge on any atom is 0.255 e. The lowest BCUT2D eigenvalue weighted by atomic mass is 10.1. The number of phenols is 1. The number of nitrogens with zero attached hydrogens (tertiary/aromatic N) is 2. The molecule has 0 bridgehead atoms. The fourth-order valence-electron chi connectivity index (χ4n) is 2.23. The molecular weight excluding hydrogens is 336 g/mol. The standard InChI is InChI=1S/C18H22N4O4/c1-11-8-12(18(24)20-10-16(25-2)26-3)17(23)15(9-11)22-21-14-7-5-4-6-13(14)19/h4-9,16,23H,10,19H2,1-3H3,(H,20,24). The summed E-state index contributed by atoms with van der Waals surface area (Å²) in [6.45, 7) is 1.93. The van der Waals surface area contributed by atoms with Crippen molar-refractivity contribution in [1.82, 2.24) is 5.32 Å². The number of aryl methyl sites for hydroxylation is 1. The number of nitrogens with two attached hydrogens (primary N) is 1. The number of anilines is 1. The lowest BCUT2D eigenvalue weighted by Gasteiger charge is -2.15. The molecule has 0 aliphatic carbocycles. The molecule has 0 aliphatic rings. The second-order valence-corrected chi connectivity index (χ2v) is 5.55. The maximum absolute atomic E-state index is 12.4. The molecule has 2 aromatic carbocycles. The zero-order valence-electron chi connectivity index (χ0n) is 14.9. The third-order valence-electron chi connectivity index (χ3n) is 3.64. The van der Waals surface area contributed by atoms with E-state index in [9.17, 15) is 9.90 Å². The van der Waals surface area contributed by atoms with E-state index in [2.05, 4.69) is 15.5 Å². The lowest BCUT2D eigenvalue weighted by Crippen LogP contribution is -2.34.